The van der Waals surface area contributed by atoms with E-state index in [4.69, 9.17) is 0 Å². The van der Waals surface area contributed by atoms with Gasteiger partial charge < -0.3 is 10.2 Å². The van der Waals surface area contributed by atoms with Gasteiger partial charge in [-0.3, -0.25) is 9.59 Å². The van der Waals surface area contributed by atoms with Crippen molar-refractivity contribution >= 4 is 39.1 Å². The number of carbonyl (C=O) groups excluding carboxylic acids is 2. The Balaban J connectivity index is 2.01. The summed E-state index contributed by atoms with van der Waals surface area (Å²) in [5.41, 5.74) is 0.819. The van der Waals surface area contributed by atoms with Crippen molar-refractivity contribution in [3.63, 3.8) is 0 Å². The Bertz CT molecular complexity index is 768. The highest BCUT2D eigenvalue weighted by atomic mass is 79.9. The smallest absolute Gasteiger partial charge is 0.226 e. The Morgan fingerprint density at radius 1 is 1.12 bits per heavy atom. The first-order valence-corrected chi connectivity index (χ1v) is 7.95. The molecule has 0 unspecified atom stereocenters. The van der Waals surface area contributed by atoms with Gasteiger partial charge in [-0.25, -0.2) is 8.78 Å². The molecule has 126 valence electrons. The zero-order chi connectivity index (χ0) is 17.7. The number of nitrogens with one attached hydrogen (secondary N) is 1. The molecule has 2 aromatic carbocycles. The summed E-state index contributed by atoms with van der Waals surface area (Å²) in [6, 6.07) is 10.3. The van der Waals surface area contributed by atoms with Crippen molar-refractivity contribution < 1.29 is 18.4 Å². The van der Waals surface area contributed by atoms with E-state index in [1.165, 1.54) is 17.9 Å². The normalized spacial score (nSPS) is 10.3. The summed E-state index contributed by atoms with van der Waals surface area (Å²) in [5.74, 6) is -2.63. The van der Waals surface area contributed by atoms with Crippen molar-refractivity contribution in [2.75, 3.05) is 16.8 Å². The van der Waals surface area contributed by atoms with Gasteiger partial charge in [0.05, 0.1) is 5.69 Å². The lowest BCUT2D eigenvalue weighted by molar-refractivity contribution is -0.117. The standard InChI is InChI=1S/C17H15BrF2N2O2/c1-11(23)22(16-5-3-2-4-13(16)18)9-8-17(24)21-12-6-7-14(19)15(20)10-12/h2-7,10H,8-9H2,1H3,(H,21,24). The van der Waals surface area contributed by atoms with Crippen molar-refractivity contribution in [1.29, 1.82) is 0 Å². The van der Waals surface area contributed by atoms with Crippen LogP contribution in [0.1, 0.15) is 13.3 Å². The molecule has 2 amide bonds. The number of amides is 2. The summed E-state index contributed by atoms with van der Waals surface area (Å²) in [4.78, 5) is 25.3. The lowest BCUT2D eigenvalue weighted by Gasteiger charge is -2.22. The first-order chi connectivity index (χ1) is 11.4. The van der Waals surface area contributed by atoms with E-state index < -0.39 is 17.5 Å². The highest BCUT2D eigenvalue weighted by Gasteiger charge is 2.16. The molecule has 0 bridgehead atoms. The molecular formula is C17H15BrF2N2O2. The van der Waals surface area contributed by atoms with Gasteiger partial charge in [0.25, 0.3) is 0 Å². The monoisotopic (exact) mass is 396 g/mol. The molecule has 0 aliphatic rings. The number of halogens is 3. The Hall–Kier alpha value is -2.28. The highest BCUT2D eigenvalue weighted by Crippen LogP contribution is 2.26. The summed E-state index contributed by atoms with van der Waals surface area (Å²) >= 11 is 3.37. The molecule has 0 radical (unpaired) electrons. The maximum Gasteiger partial charge on any atom is 0.226 e. The molecule has 0 saturated carbocycles. The third kappa shape index (κ3) is 4.61. The van der Waals surface area contributed by atoms with Gasteiger partial charge in [0.15, 0.2) is 11.6 Å². The molecular weight excluding hydrogens is 382 g/mol. The molecule has 24 heavy (non-hydrogen) atoms. The van der Waals surface area contributed by atoms with Crippen LogP contribution in [0.2, 0.25) is 0 Å². The van der Waals surface area contributed by atoms with Gasteiger partial charge in [-0.1, -0.05) is 12.1 Å². The molecule has 0 aliphatic carbocycles. The van der Waals surface area contributed by atoms with E-state index in [9.17, 15) is 18.4 Å². The van der Waals surface area contributed by atoms with Crippen LogP contribution in [0.5, 0.6) is 0 Å². The number of benzene rings is 2. The van der Waals surface area contributed by atoms with Gasteiger partial charge in [0.1, 0.15) is 0 Å². The number of rotatable bonds is 5. The van der Waals surface area contributed by atoms with Crippen LogP contribution in [-0.2, 0) is 9.59 Å². The molecule has 0 heterocycles. The Morgan fingerprint density at radius 2 is 1.83 bits per heavy atom. The number of hydrogen-bond donors (Lipinski definition) is 1. The first kappa shape index (κ1) is 18.1. The Labute approximate surface area is 146 Å². The van der Waals surface area contributed by atoms with Crippen LogP contribution < -0.4 is 10.2 Å². The quantitative estimate of drug-likeness (QED) is 0.826. The number of para-hydroxylation sites is 1. The molecule has 1 N–H and O–H groups in total. The predicted molar refractivity (Wildman–Crippen MR) is 91.8 cm³/mol. The maximum absolute atomic E-state index is 13.1. The van der Waals surface area contributed by atoms with Crippen molar-refractivity contribution in [3.05, 3.63) is 58.6 Å². The Kier molecular flexibility index (Phi) is 6.03. The lowest BCUT2D eigenvalue weighted by Crippen LogP contribution is -2.32. The SMILES string of the molecule is CC(=O)N(CCC(=O)Nc1ccc(F)c(F)c1)c1ccccc1Br. The molecule has 0 saturated heterocycles. The van der Waals surface area contributed by atoms with Gasteiger partial charge in [0.2, 0.25) is 11.8 Å². The average Bonchev–Trinajstić information content (AvgIpc) is 2.52. The van der Waals surface area contributed by atoms with E-state index in [1.807, 2.05) is 6.07 Å². The first-order valence-electron chi connectivity index (χ1n) is 7.16. The second kappa shape index (κ2) is 8.01. The largest absolute Gasteiger partial charge is 0.326 e. The summed E-state index contributed by atoms with van der Waals surface area (Å²) in [5, 5.41) is 2.48. The van der Waals surface area contributed by atoms with Gasteiger partial charge in [0, 0.05) is 36.1 Å². The van der Waals surface area contributed by atoms with E-state index in [1.54, 1.807) is 18.2 Å². The van der Waals surface area contributed by atoms with Crippen molar-refractivity contribution in [2.45, 2.75) is 13.3 Å². The van der Waals surface area contributed by atoms with Gasteiger partial charge >= 0.3 is 0 Å². The van der Waals surface area contributed by atoms with E-state index in [0.717, 1.165) is 16.6 Å². The second-order valence-corrected chi connectivity index (χ2v) is 5.90. The molecule has 7 heteroatoms. The topological polar surface area (TPSA) is 49.4 Å². The van der Waals surface area contributed by atoms with Crippen LogP contribution in [0.15, 0.2) is 46.9 Å². The van der Waals surface area contributed by atoms with Crippen LogP contribution in [0, 0.1) is 11.6 Å². The minimum Gasteiger partial charge on any atom is -0.326 e. The lowest BCUT2D eigenvalue weighted by atomic mass is 10.2. The predicted octanol–water partition coefficient (Wildman–Crippen LogP) is 4.11. The molecule has 2 aromatic rings. The number of nitrogens with zero attached hydrogens (tertiary/aromatic N) is 1. The summed E-state index contributed by atoms with van der Waals surface area (Å²) in [7, 11) is 0. The molecule has 4 nitrogen and oxygen atoms in total. The fourth-order valence-electron chi connectivity index (χ4n) is 2.13. The van der Waals surface area contributed by atoms with Gasteiger partial charge in [-0.05, 0) is 40.2 Å². The van der Waals surface area contributed by atoms with Crippen molar-refractivity contribution in [1.82, 2.24) is 0 Å². The summed E-state index contributed by atoms with van der Waals surface area (Å²) in [6.45, 7) is 1.57. The highest BCUT2D eigenvalue weighted by molar-refractivity contribution is 9.10. The fourth-order valence-corrected chi connectivity index (χ4v) is 2.63. The Morgan fingerprint density at radius 3 is 2.46 bits per heavy atom. The van der Waals surface area contributed by atoms with Crippen LogP contribution in [0.4, 0.5) is 20.2 Å². The zero-order valence-corrected chi connectivity index (χ0v) is 14.4. The van der Waals surface area contributed by atoms with E-state index in [2.05, 4.69) is 21.2 Å². The number of anilines is 2. The van der Waals surface area contributed by atoms with E-state index >= 15 is 0 Å². The minimum absolute atomic E-state index is 0.0138. The summed E-state index contributed by atoms with van der Waals surface area (Å²) in [6.07, 6.45) is 0.0138. The van der Waals surface area contributed by atoms with Gasteiger partial charge in [-0.2, -0.15) is 0 Å². The van der Waals surface area contributed by atoms with Crippen LogP contribution >= 0.6 is 15.9 Å². The van der Waals surface area contributed by atoms with Crippen LogP contribution in [0.25, 0.3) is 0 Å². The molecule has 0 aromatic heterocycles. The van der Waals surface area contributed by atoms with Crippen molar-refractivity contribution in [3.8, 4) is 0 Å². The third-order valence-corrected chi connectivity index (χ3v) is 3.96. The minimum atomic E-state index is -1.04. The van der Waals surface area contributed by atoms with Crippen molar-refractivity contribution in [2.24, 2.45) is 0 Å². The second-order valence-electron chi connectivity index (χ2n) is 5.05. The molecule has 0 spiro atoms. The maximum atomic E-state index is 13.1. The third-order valence-electron chi connectivity index (χ3n) is 3.29. The van der Waals surface area contributed by atoms with Crippen LogP contribution in [0.3, 0.4) is 0 Å². The number of carbonyl (C=O) groups is 2. The zero-order valence-electron chi connectivity index (χ0n) is 12.9. The average molecular weight is 397 g/mol. The summed E-state index contributed by atoms with van der Waals surface area (Å²) < 4.78 is 26.7. The van der Waals surface area contributed by atoms with Gasteiger partial charge in [-0.15, -0.1) is 0 Å². The van der Waals surface area contributed by atoms with Crippen LogP contribution in [-0.4, -0.2) is 18.4 Å². The molecule has 0 fully saturated rings. The van der Waals surface area contributed by atoms with E-state index in [-0.39, 0.29) is 24.6 Å². The van der Waals surface area contributed by atoms with E-state index in [0.29, 0.717) is 5.69 Å². The number of hydrogen-bond acceptors (Lipinski definition) is 2. The molecule has 0 aliphatic heterocycles. The molecule has 0 atom stereocenters. The molecule has 2 rings (SSSR count). The fraction of sp³-hybridized carbons (Fsp3) is 0.176.